The third-order valence-corrected chi connectivity index (χ3v) is 18.8. The number of ether oxygens (including phenoxy) is 1. The van der Waals surface area contributed by atoms with Crippen LogP contribution in [0.1, 0.15) is 129 Å². The van der Waals surface area contributed by atoms with Crippen molar-refractivity contribution < 1.29 is 70.6 Å². The zero-order chi connectivity index (χ0) is 69.7. The lowest BCUT2D eigenvalue weighted by molar-refractivity contribution is -0.152. The molecule has 93 heavy (non-hydrogen) atoms. The van der Waals surface area contributed by atoms with E-state index in [1.807, 2.05) is 20.8 Å². The number of halogens is 4. The number of carbonyl (C=O) groups is 11. The summed E-state index contributed by atoms with van der Waals surface area (Å²) >= 11 is 6.11. The molecule has 2 aromatic rings. The van der Waals surface area contributed by atoms with Crippen molar-refractivity contribution in [2.75, 3.05) is 82.6 Å². The number of likely N-dealkylation sites (N-methyl/N-ethyl adjacent to an activating group) is 7. The lowest BCUT2D eigenvalue weighted by Gasteiger charge is -2.41. The van der Waals surface area contributed by atoms with Crippen molar-refractivity contribution in [2.24, 2.45) is 17.8 Å². The fraction of sp³-hybridized carbons (Fsp3) is 0.652. The largest absolute Gasteiger partial charge is 0.497 e. The van der Waals surface area contributed by atoms with Crippen LogP contribution >= 0.6 is 11.6 Å². The predicted octanol–water partition coefficient (Wildman–Crippen LogP) is 4.79. The standard InChI is InChI=1S/C66H97ClF3N11O12/c1-16-41(6)56-62(90)76(10)37-54(84)74(8)38-55(85)79(13)51(35-44-21-25-45(93-15)26-22-44)61(89)75(9)36-52(82)71-48(28-24-43-23-27-46(47(67)34-43)66(68,69)70)60(88)81-31-19-20-49(81)59(87)73-65(29-17-18-30-65)64(92)80(14)57(40(4)5)63(91)77(11)42(7)33-53(83)78(12)50(32-39(2)3)58(86)72-56/h21-23,25-27,34,39-42,48-51,56-57H,16-20,24,28-33,35-38H2,1-15H3,(H,71,82)(H,72,86)(H,73,87)/t41-,42+,48-,49?,50-,51-,56-,57-/m0/s1. The van der Waals surface area contributed by atoms with Crippen molar-refractivity contribution in [2.45, 2.75) is 180 Å². The fourth-order valence-corrected chi connectivity index (χ4v) is 12.7. The number of carbonyl (C=O) groups excluding carboxylic acids is 11. The van der Waals surface area contributed by atoms with E-state index in [0.717, 1.165) is 31.7 Å². The van der Waals surface area contributed by atoms with E-state index in [1.165, 1.54) is 82.1 Å². The molecular formula is C66H97ClF3N11O12. The highest BCUT2D eigenvalue weighted by Crippen LogP contribution is 2.37. The first kappa shape index (κ1) is 76.2. The topological polar surface area (TPSA) is 259 Å². The molecule has 1 saturated carbocycles. The molecule has 8 atom stereocenters. The summed E-state index contributed by atoms with van der Waals surface area (Å²) < 4.78 is 46.7. The predicted molar refractivity (Wildman–Crippen MR) is 343 cm³/mol. The van der Waals surface area contributed by atoms with Gasteiger partial charge in [-0.05, 0) is 105 Å². The molecule has 27 heteroatoms. The molecule has 0 radical (unpaired) electrons. The molecule has 2 heterocycles. The SMILES string of the molecule is CC[C@H](C)[C@@H]1NC(=O)[C@H](CC(C)C)N(C)C(=O)C[C@@H](C)N(C)C(=O)[C@H](C(C)C)N(C)C(=O)C2(CCCC2)NC(=O)C2CCCN2C(=O)[C@H](CCc2ccc(C(F)(F)F)c(Cl)c2)NC(=O)CN(C)C(=O)[C@H](Cc2ccc(OC)cc2)N(C)C(=O)CN(C)C(=O)CN(C)C1=O. The van der Waals surface area contributed by atoms with Gasteiger partial charge in [0.25, 0.3) is 0 Å². The van der Waals surface area contributed by atoms with E-state index in [0.29, 0.717) is 37.0 Å². The van der Waals surface area contributed by atoms with Crippen LogP contribution in [0.5, 0.6) is 5.75 Å². The normalized spacial score (nSPS) is 24.7. The number of aryl methyl sites for hydroxylation is 1. The smallest absolute Gasteiger partial charge is 0.417 e. The number of methoxy groups -OCH3 is 1. The van der Waals surface area contributed by atoms with Gasteiger partial charge in [0.2, 0.25) is 65.0 Å². The summed E-state index contributed by atoms with van der Waals surface area (Å²) in [5.74, 6) is -7.69. The molecule has 11 amide bonds. The molecule has 3 aliphatic rings. The van der Waals surface area contributed by atoms with Gasteiger partial charge in [0.1, 0.15) is 47.5 Å². The Morgan fingerprint density at radius 2 is 1.26 bits per heavy atom. The molecule has 3 N–H and O–H groups in total. The van der Waals surface area contributed by atoms with E-state index >= 15 is 9.59 Å². The van der Waals surface area contributed by atoms with Crippen molar-refractivity contribution in [3.63, 3.8) is 0 Å². The number of benzene rings is 2. The van der Waals surface area contributed by atoms with Gasteiger partial charge in [-0.2, -0.15) is 13.2 Å². The average Bonchev–Trinajstić information content (AvgIpc) is 1.79. The molecule has 2 aromatic carbocycles. The monoisotopic (exact) mass is 1330 g/mol. The molecule has 516 valence electrons. The first-order valence-electron chi connectivity index (χ1n) is 32.0. The van der Waals surface area contributed by atoms with Gasteiger partial charge in [0, 0.05) is 74.8 Å². The zero-order valence-corrected chi connectivity index (χ0v) is 57.4. The van der Waals surface area contributed by atoms with E-state index in [4.69, 9.17) is 16.3 Å². The van der Waals surface area contributed by atoms with Gasteiger partial charge in [-0.25, -0.2) is 0 Å². The number of nitrogens with one attached hydrogen (secondary N) is 3. The number of rotatable bonds is 11. The van der Waals surface area contributed by atoms with Gasteiger partial charge in [0.05, 0.1) is 37.3 Å². The van der Waals surface area contributed by atoms with E-state index in [-0.39, 0.29) is 69.4 Å². The van der Waals surface area contributed by atoms with Gasteiger partial charge in [-0.15, -0.1) is 0 Å². The Morgan fingerprint density at radius 1 is 0.667 bits per heavy atom. The molecular weight excluding hydrogens is 1230 g/mol. The Morgan fingerprint density at radius 3 is 1.83 bits per heavy atom. The molecule has 1 aliphatic carbocycles. The summed E-state index contributed by atoms with van der Waals surface area (Å²) in [6.45, 7) is 10.8. The van der Waals surface area contributed by atoms with Crippen LogP contribution in [0.25, 0.3) is 0 Å². The van der Waals surface area contributed by atoms with Crippen molar-refractivity contribution in [3.8, 4) is 5.75 Å². The second-order valence-electron chi connectivity index (χ2n) is 26.3. The number of alkyl halides is 3. The summed E-state index contributed by atoms with van der Waals surface area (Å²) in [6.07, 6.45) is -2.84. The van der Waals surface area contributed by atoms with E-state index in [9.17, 15) is 56.3 Å². The molecule has 1 unspecified atom stereocenters. The summed E-state index contributed by atoms with van der Waals surface area (Å²) in [6, 6.07) is 1.78. The van der Waals surface area contributed by atoms with Crippen molar-refractivity contribution in [3.05, 3.63) is 64.2 Å². The quantitative estimate of drug-likeness (QED) is 0.275. The Kier molecular flexibility index (Phi) is 27.1. The van der Waals surface area contributed by atoms with Crippen LogP contribution in [0.2, 0.25) is 5.02 Å². The molecule has 0 aromatic heterocycles. The van der Waals surface area contributed by atoms with Crippen LogP contribution in [0.3, 0.4) is 0 Å². The third-order valence-electron chi connectivity index (χ3n) is 18.5. The highest BCUT2D eigenvalue weighted by Gasteiger charge is 2.50. The van der Waals surface area contributed by atoms with Crippen molar-refractivity contribution in [1.29, 1.82) is 0 Å². The van der Waals surface area contributed by atoms with E-state index in [1.54, 1.807) is 52.0 Å². The summed E-state index contributed by atoms with van der Waals surface area (Å²) in [7, 11) is 11.4. The maximum Gasteiger partial charge on any atom is 0.417 e. The Bertz CT molecular complexity index is 3040. The minimum atomic E-state index is -4.76. The van der Waals surface area contributed by atoms with Crippen LogP contribution in [0.4, 0.5) is 13.2 Å². The number of hydrogen-bond acceptors (Lipinski definition) is 12. The lowest BCUT2D eigenvalue weighted by atomic mass is 9.91. The van der Waals surface area contributed by atoms with Gasteiger partial charge >= 0.3 is 6.18 Å². The highest BCUT2D eigenvalue weighted by atomic mass is 35.5. The molecule has 2 aliphatic heterocycles. The van der Waals surface area contributed by atoms with E-state index in [2.05, 4.69) is 16.0 Å². The minimum absolute atomic E-state index is 0.0364. The van der Waals surface area contributed by atoms with Crippen LogP contribution in [0.15, 0.2) is 42.5 Å². The summed E-state index contributed by atoms with van der Waals surface area (Å²) in [5, 5.41) is 8.02. The van der Waals surface area contributed by atoms with Crippen LogP contribution in [-0.4, -0.2) is 235 Å². The average molecular weight is 1330 g/mol. The molecule has 2 saturated heterocycles. The van der Waals surface area contributed by atoms with Gasteiger partial charge in [0.15, 0.2) is 0 Å². The van der Waals surface area contributed by atoms with Crippen molar-refractivity contribution in [1.82, 2.24) is 55.1 Å². The van der Waals surface area contributed by atoms with Crippen LogP contribution in [-0.2, 0) is 71.8 Å². The first-order chi connectivity index (χ1) is 43.5. The second kappa shape index (κ2) is 33.1. The van der Waals surface area contributed by atoms with Gasteiger partial charge in [-0.1, -0.05) is 90.6 Å². The number of nitrogens with zero attached hydrogens (tertiary/aromatic N) is 8. The molecule has 3 fully saturated rings. The van der Waals surface area contributed by atoms with Crippen LogP contribution in [0, 0.1) is 17.8 Å². The van der Waals surface area contributed by atoms with Gasteiger partial charge in [-0.3, -0.25) is 52.7 Å². The number of amides is 11. The first-order valence-corrected chi connectivity index (χ1v) is 32.4. The molecule has 1 spiro atoms. The summed E-state index contributed by atoms with van der Waals surface area (Å²) in [5.41, 5.74) is -1.73. The number of hydrogen-bond donors (Lipinski definition) is 3. The maximum atomic E-state index is 15.1. The number of fused-ring (bicyclic) bond motifs is 1. The lowest BCUT2D eigenvalue weighted by Crippen LogP contribution is -2.64. The Balaban J connectivity index is 1.58. The van der Waals surface area contributed by atoms with Crippen molar-refractivity contribution >= 4 is 76.6 Å². The third kappa shape index (κ3) is 19.3. The Labute approximate surface area is 550 Å². The summed E-state index contributed by atoms with van der Waals surface area (Å²) in [4.78, 5) is 170. The van der Waals surface area contributed by atoms with Crippen LogP contribution < -0.4 is 20.7 Å². The van der Waals surface area contributed by atoms with E-state index < -0.39 is 161 Å². The zero-order valence-electron chi connectivity index (χ0n) is 56.6. The molecule has 0 bridgehead atoms. The highest BCUT2D eigenvalue weighted by molar-refractivity contribution is 6.31. The minimum Gasteiger partial charge on any atom is -0.497 e. The Hall–Kier alpha value is -7.51. The molecule has 5 rings (SSSR count). The van der Waals surface area contributed by atoms with Gasteiger partial charge < -0.3 is 59.9 Å². The molecule has 23 nitrogen and oxygen atoms in total. The maximum absolute atomic E-state index is 15.1. The fourth-order valence-electron chi connectivity index (χ4n) is 12.4. The second-order valence-corrected chi connectivity index (χ2v) is 26.7.